The number of carbonyl (C=O) groups is 1. The molecular weight excluding hydrogens is 260 g/mol. The maximum Gasteiger partial charge on any atom is 0.221 e. The average molecular weight is 276 g/mol. The molecule has 0 aliphatic carbocycles. The van der Waals surface area contributed by atoms with E-state index in [0.29, 0.717) is 4.64 Å². The number of hydrogen-bond donors (Lipinski definition) is 2. The molecule has 0 fully saturated rings. The highest BCUT2D eigenvalue weighted by molar-refractivity contribution is 7.71. The van der Waals surface area contributed by atoms with E-state index < -0.39 is 0 Å². The van der Waals surface area contributed by atoms with Crippen LogP contribution < -0.4 is 5.32 Å². The van der Waals surface area contributed by atoms with Crippen LogP contribution in [-0.4, -0.2) is 20.4 Å². The van der Waals surface area contributed by atoms with Crippen molar-refractivity contribution in [3.8, 4) is 0 Å². The highest BCUT2D eigenvalue weighted by Crippen LogP contribution is 2.33. The van der Waals surface area contributed by atoms with E-state index in [9.17, 15) is 4.79 Å². The van der Waals surface area contributed by atoms with Gasteiger partial charge in [-0.1, -0.05) is 18.6 Å². The Kier molecular flexibility index (Phi) is 3.10. The first-order valence-corrected chi connectivity index (χ1v) is 6.95. The highest BCUT2D eigenvalue weighted by atomic mass is 32.1. The topological polar surface area (TPSA) is 62.7 Å². The zero-order valence-corrected chi connectivity index (χ0v) is 11.6. The molecule has 2 N–H and O–H groups in total. The molecule has 2 aromatic heterocycles. The van der Waals surface area contributed by atoms with Gasteiger partial charge in [0.2, 0.25) is 5.91 Å². The van der Waals surface area contributed by atoms with E-state index in [1.54, 1.807) is 6.33 Å². The molecule has 0 spiro atoms. The van der Waals surface area contributed by atoms with Crippen LogP contribution in [0.15, 0.2) is 6.33 Å². The van der Waals surface area contributed by atoms with Crippen LogP contribution in [0.4, 0.5) is 5.69 Å². The van der Waals surface area contributed by atoms with Gasteiger partial charge in [-0.15, -0.1) is 0 Å². The number of nitrogens with one attached hydrogen (secondary N) is 2. The molecule has 0 atom stereocenters. The minimum atomic E-state index is -0.0596. The Hall–Kier alpha value is -1.69. The fraction of sp³-hybridized carbons (Fsp3) is 0.462. The highest BCUT2D eigenvalue weighted by Gasteiger charge is 2.20. The maximum absolute atomic E-state index is 11.4. The Morgan fingerprint density at radius 3 is 3.11 bits per heavy atom. The van der Waals surface area contributed by atoms with Crippen molar-refractivity contribution in [1.82, 2.24) is 14.5 Å². The predicted octanol–water partition coefficient (Wildman–Crippen LogP) is 2.78. The van der Waals surface area contributed by atoms with Gasteiger partial charge in [-0.05, 0) is 19.3 Å². The van der Waals surface area contributed by atoms with Gasteiger partial charge in [0.25, 0.3) is 0 Å². The number of H-pyrrole nitrogens is 1. The zero-order valence-electron chi connectivity index (χ0n) is 10.8. The van der Waals surface area contributed by atoms with Crippen molar-refractivity contribution in [3.05, 3.63) is 16.7 Å². The van der Waals surface area contributed by atoms with Gasteiger partial charge < -0.3 is 14.9 Å². The molecule has 3 heterocycles. The van der Waals surface area contributed by atoms with E-state index >= 15 is 0 Å². The first-order chi connectivity index (χ1) is 9.18. The van der Waals surface area contributed by atoms with E-state index in [-0.39, 0.29) is 5.91 Å². The number of aryl methyl sites for hydroxylation is 1. The molecule has 0 saturated heterocycles. The smallest absolute Gasteiger partial charge is 0.221 e. The second-order valence-corrected chi connectivity index (χ2v) is 5.28. The van der Waals surface area contributed by atoms with Gasteiger partial charge in [0.1, 0.15) is 5.52 Å². The lowest BCUT2D eigenvalue weighted by Gasteiger charge is -2.07. The van der Waals surface area contributed by atoms with Crippen LogP contribution in [0.2, 0.25) is 0 Å². The summed E-state index contributed by atoms with van der Waals surface area (Å²) in [6, 6.07) is 0. The summed E-state index contributed by atoms with van der Waals surface area (Å²) in [7, 11) is 0. The van der Waals surface area contributed by atoms with E-state index in [0.717, 1.165) is 48.2 Å². The third-order valence-electron chi connectivity index (χ3n) is 3.56. The Labute approximate surface area is 116 Å². The van der Waals surface area contributed by atoms with Gasteiger partial charge in [-0.2, -0.15) is 0 Å². The summed E-state index contributed by atoms with van der Waals surface area (Å²) in [6.07, 6.45) is 6.05. The fourth-order valence-electron chi connectivity index (χ4n) is 2.80. The molecule has 100 valence electrons. The van der Waals surface area contributed by atoms with Crippen molar-refractivity contribution >= 4 is 34.8 Å². The SMILES string of the molecule is CC(=O)Nc1c2n(c3c(=S)nc[nH]c13)CCCCC2. The van der Waals surface area contributed by atoms with Crippen LogP contribution in [0.5, 0.6) is 0 Å². The van der Waals surface area contributed by atoms with Crippen molar-refractivity contribution in [2.24, 2.45) is 0 Å². The molecule has 1 aliphatic heterocycles. The van der Waals surface area contributed by atoms with Crippen molar-refractivity contribution in [3.63, 3.8) is 0 Å². The zero-order chi connectivity index (χ0) is 13.4. The molecule has 2 aromatic rings. The van der Waals surface area contributed by atoms with Crippen molar-refractivity contribution in [2.75, 3.05) is 5.32 Å². The molecule has 0 unspecified atom stereocenters. The van der Waals surface area contributed by atoms with Gasteiger partial charge in [0.05, 0.1) is 17.5 Å². The molecule has 0 saturated carbocycles. The summed E-state index contributed by atoms with van der Waals surface area (Å²) >= 11 is 5.35. The summed E-state index contributed by atoms with van der Waals surface area (Å²) in [5.41, 5.74) is 3.88. The van der Waals surface area contributed by atoms with Crippen LogP contribution in [0.25, 0.3) is 11.0 Å². The van der Waals surface area contributed by atoms with Crippen molar-refractivity contribution < 1.29 is 4.79 Å². The number of nitrogens with zero attached hydrogens (tertiary/aromatic N) is 2. The standard InChI is InChI=1S/C13H16N4OS/c1-8(18)16-10-9-5-3-2-4-6-17(9)12-11(10)14-7-15-13(12)19/h7H,2-6H2,1H3,(H,16,18)(H,14,15,19). The largest absolute Gasteiger partial charge is 0.343 e. The number of aromatic nitrogens is 3. The summed E-state index contributed by atoms with van der Waals surface area (Å²) < 4.78 is 2.81. The summed E-state index contributed by atoms with van der Waals surface area (Å²) in [4.78, 5) is 18.7. The van der Waals surface area contributed by atoms with E-state index in [1.807, 2.05) is 0 Å². The molecule has 19 heavy (non-hydrogen) atoms. The van der Waals surface area contributed by atoms with Gasteiger partial charge in [-0.3, -0.25) is 4.79 Å². The van der Waals surface area contributed by atoms with E-state index in [1.165, 1.54) is 13.3 Å². The van der Waals surface area contributed by atoms with Gasteiger partial charge in [-0.25, -0.2) is 4.98 Å². The molecule has 0 aromatic carbocycles. The van der Waals surface area contributed by atoms with Gasteiger partial charge >= 0.3 is 0 Å². The average Bonchev–Trinajstić information content (AvgIpc) is 2.54. The first kappa shape index (κ1) is 12.3. The monoisotopic (exact) mass is 276 g/mol. The Morgan fingerprint density at radius 2 is 2.32 bits per heavy atom. The second kappa shape index (κ2) is 4.77. The first-order valence-electron chi connectivity index (χ1n) is 6.55. The number of amides is 1. The Bertz CT molecular complexity index is 700. The number of hydrogen-bond acceptors (Lipinski definition) is 3. The van der Waals surface area contributed by atoms with Crippen LogP contribution in [0.3, 0.4) is 0 Å². The number of aromatic amines is 1. The van der Waals surface area contributed by atoms with Gasteiger partial charge in [0, 0.05) is 19.2 Å². The Balaban J connectivity index is 2.33. The summed E-state index contributed by atoms with van der Waals surface area (Å²) in [5.74, 6) is -0.0596. The molecule has 1 aliphatic rings. The predicted molar refractivity (Wildman–Crippen MR) is 76.8 cm³/mol. The number of rotatable bonds is 1. The lowest BCUT2D eigenvalue weighted by molar-refractivity contribution is -0.114. The van der Waals surface area contributed by atoms with Crippen LogP contribution >= 0.6 is 12.2 Å². The third-order valence-corrected chi connectivity index (χ3v) is 3.86. The number of carbonyl (C=O) groups excluding carboxylic acids is 1. The van der Waals surface area contributed by atoms with Crippen LogP contribution in [-0.2, 0) is 17.8 Å². The quantitative estimate of drug-likeness (QED) is 0.787. The fourth-order valence-corrected chi connectivity index (χ4v) is 3.07. The van der Waals surface area contributed by atoms with E-state index in [2.05, 4.69) is 19.9 Å². The van der Waals surface area contributed by atoms with E-state index in [4.69, 9.17) is 12.2 Å². The molecule has 0 bridgehead atoms. The molecule has 0 radical (unpaired) electrons. The lowest BCUT2D eigenvalue weighted by Crippen LogP contribution is -2.09. The van der Waals surface area contributed by atoms with Crippen LogP contribution in [0.1, 0.15) is 31.9 Å². The summed E-state index contributed by atoms with van der Waals surface area (Å²) in [5, 5.41) is 2.95. The molecular formula is C13H16N4OS. The maximum atomic E-state index is 11.4. The minimum Gasteiger partial charge on any atom is -0.343 e. The normalized spacial score (nSPS) is 15.0. The molecule has 5 nitrogen and oxygen atoms in total. The summed E-state index contributed by atoms with van der Waals surface area (Å²) in [6.45, 7) is 2.47. The molecule has 1 amide bonds. The van der Waals surface area contributed by atoms with Crippen molar-refractivity contribution in [1.29, 1.82) is 0 Å². The molecule has 6 heteroatoms. The number of anilines is 1. The molecule has 3 rings (SSSR count). The minimum absolute atomic E-state index is 0.0596. The number of fused-ring (bicyclic) bond motifs is 3. The Morgan fingerprint density at radius 1 is 1.47 bits per heavy atom. The van der Waals surface area contributed by atoms with Crippen molar-refractivity contribution in [2.45, 2.75) is 39.2 Å². The lowest BCUT2D eigenvalue weighted by atomic mass is 10.1. The second-order valence-electron chi connectivity index (χ2n) is 4.90. The third kappa shape index (κ3) is 2.06. The van der Waals surface area contributed by atoms with Crippen LogP contribution in [0, 0.1) is 4.64 Å². The van der Waals surface area contributed by atoms with Gasteiger partial charge in [0.15, 0.2) is 4.64 Å².